The molecule has 0 amide bonds. The minimum Gasteiger partial charge on any atom is -0.490 e. The molecular weight excluding hydrogens is 224 g/mol. The van der Waals surface area contributed by atoms with Crippen molar-refractivity contribution in [1.82, 2.24) is 4.90 Å². The summed E-state index contributed by atoms with van der Waals surface area (Å²) in [6, 6.07) is 8.58. The first kappa shape index (κ1) is 13.1. The van der Waals surface area contributed by atoms with E-state index in [1.807, 2.05) is 12.1 Å². The predicted molar refractivity (Wildman–Crippen MR) is 74.6 cm³/mol. The Morgan fingerprint density at radius 1 is 1.39 bits per heavy atom. The summed E-state index contributed by atoms with van der Waals surface area (Å²) in [5, 5.41) is 0. The van der Waals surface area contributed by atoms with Crippen molar-refractivity contribution in [1.29, 1.82) is 0 Å². The minimum absolute atomic E-state index is 0.320. The van der Waals surface area contributed by atoms with Gasteiger partial charge in [-0.05, 0) is 23.6 Å². The van der Waals surface area contributed by atoms with Crippen LogP contribution in [0.2, 0.25) is 0 Å². The maximum atomic E-state index is 6.03. The molecule has 0 aromatic heterocycles. The van der Waals surface area contributed by atoms with Crippen molar-refractivity contribution < 1.29 is 4.74 Å². The quantitative estimate of drug-likeness (QED) is 0.808. The maximum absolute atomic E-state index is 6.03. The van der Waals surface area contributed by atoms with Gasteiger partial charge in [0.05, 0.1) is 0 Å². The lowest BCUT2D eigenvalue weighted by molar-refractivity contribution is 0.318. The van der Waals surface area contributed by atoms with E-state index in [0.717, 1.165) is 25.4 Å². The van der Waals surface area contributed by atoms with E-state index in [-0.39, 0.29) is 0 Å². The zero-order valence-electron chi connectivity index (χ0n) is 11.0. The third-order valence-corrected chi connectivity index (χ3v) is 3.44. The number of rotatable bonds is 5. The van der Waals surface area contributed by atoms with E-state index in [0.29, 0.717) is 18.6 Å². The SMILES string of the molecule is C=CCOc1ccc(CN2CC(C)C(N)C2)cc1. The lowest BCUT2D eigenvalue weighted by Crippen LogP contribution is -2.28. The van der Waals surface area contributed by atoms with Crippen molar-refractivity contribution in [3.8, 4) is 5.75 Å². The number of nitrogens with two attached hydrogens (primary N) is 1. The smallest absolute Gasteiger partial charge is 0.119 e. The molecule has 18 heavy (non-hydrogen) atoms. The number of likely N-dealkylation sites (tertiary alicyclic amines) is 1. The maximum Gasteiger partial charge on any atom is 0.119 e. The second kappa shape index (κ2) is 6.03. The van der Waals surface area contributed by atoms with Gasteiger partial charge in [0.25, 0.3) is 0 Å². The van der Waals surface area contributed by atoms with E-state index < -0.39 is 0 Å². The molecule has 3 nitrogen and oxygen atoms in total. The first-order chi connectivity index (χ1) is 8.69. The third-order valence-electron chi connectivity index (χ3n) is 3.44. The van der Waals surface area contributed by atoms with Crippen LogP contribution < -0.4 is 10.5 Å². The zero-order chi connectivity index (χ0) is 13.0. The van der Waals surface area contributed by atoms with Crippen molar-refractivity contribution in [2.75, 3.05) is 19.7 Å². The number of hydrogen-bond donors (Lipinski definition) is 1. The van der Waals surface area contributed by atoms with Gasteiger partial charge >= 0.3 is 0 Å². The Bertz CT molecular complexity index is 378. The van der Waals surface area contributed by atoms with Gasteiger partial charge in [-0.1, -0.05) is 31.7 Å². The highest BCUT2D eigenvalue weighted by molar-refractivity contribution is 5.27. The van der Waals surface area contributed by atoms with Crippen molar-refractivity contribution >= 4 is 0 Å². The summed E-state index contributed by atoms with van der Waals surface area (Å²) < 4.78 is 5.46. The monoisotopic (exact) mass is 246 g/mol. The molecule has 98 valence electrons. The highest BCUT2D eigenvalue weighted by Crippen LogP contribution is 2.19. The molecule has 3 heteroatoms. The van der Waals surface area contributed by atoms with Gasteiger partial charge < -0.3 is 10.5 Å². The summed E-state index contributed by atoms with van der Waals surface area (Å²) >= 11 is 0. The summed E-state index contributed by atoms with van der Waals surface area (Å²) in [6.45, 7) is 9.47. The van der Waals surface area contributed by atoms with Gasteiger partial charge in [-0.3, -0.25) is 4.90 Å². The molecule has 2 rings (SSSR count). The van der Waals surface area contributed by atoms with Gasteiger partial charge in [0.15, 0.2) is 0 Å². The lowest BCUT2D eigenvalue weighted by atomic mass is 10.1. The normalized spacial score (nSPS) is 24.1. The third kappa shape index (κ3) is 3.34. The molecule has 1 aromatic carbocycles. The van der Waals surface area contributed by atoms with Crippen LogP contribution in [0, 0.1) is 5.92 Å². The molecule has 0 radical (unpaired) electrons. The van der Waals surface area contributed by atoms with Gasteiger partial charge in [0.2, 0.25) is 0 Å². The van der Waals surface area contributed by atoms with Gasteiger partial charge in [-0.2, -0.15) is 0 Å². The van der Waals surface area contributed by atoms with Crippen molar-refractivity contribution in [3.63, 3.8) is 0 Å². The highest BCUT2D eigenvalue weighted by atomic mass is 16.5. The van der Waals surface area contributed by atoms with Crippen LogP contribution in [0.15, 0.2) is 36.9 Å². The molecule has 1 fully saturated rings. The summed E-state index contributed by atoms with van der Waals surface area (Å²) in [7, 11) is 0. The molecular formula is C15H22N2O. The zero-order valence-corrected chi connectivity index (χ0v) is 11.0. The van der Waals surface area contributed by atoms with Crippen LogP contribution in [-0.2, 0) is 6.54 Å². The average molecular weight is 246 g/mol. The molecule has 2 N–H and O–H groups in total. The molecule has 1 aromatic rings. The first-order valence-corrected chi connectivity index (χ1v) is 6.49. The van der Waals surface area contributed by atoms with E-state index in [1.165, 1.54) is 5.56 Å². The van der Waals surface area contributed by atoms with E-state index in [2.05, 4.69) is 30.5 Å². The van der Waals surface area contributed by atoms with Crippen LogP contribution >= 0.6 is 0 Å². The Morgan fingerprint density at radius 3 is 2.67 bits per heavy atom. The van der Waals surface area contributed by atoms with E-state index in [4.69, 9.17) is 10.5 Å². The van der Waals surface area contributed by atoms with E-state index in [9.17, 15) is 0 Å². The van der Waals surface area contributed by atoms with Crippen LogP contribution in [0.1, 0.15) is 12.5 Å². The Labute approximate surface area is 109 Å². The Balaban J connectivity index is 1.88. The largest absolute Gasteiger partial charge is 0.490 e. The number of hydrogen-bond acceptors (Lipinski definition) is 3. The molecule has 2 unspecified atom stereocenters. The number of benzene rings is 1. The van der Waals surface area contributed by atoms with E-state index in [1.54, 1.807) is 6.08 Å². The fourth-order valence-corrected chi connectivity index (χ4v) is 2.33. The Kier molecular flexibility index (Phi) is 4.39. The van der Waals surface area contributed by atoms with Crippen LogP contribution in [-0.4, -0.2) is 30.6 Å². The van der Waals surface area contributed by atoms with Gasteiger partial charge in [-0.15, -0.1) is 0 Å². The second-order valence-electron chi connectivity index (χ2n) is 5.08. The standard InChI is InChI=1S/C15H22N2O/c1-3-8-18-14-6-4-13(5-7-14)10-17-9-12(2)15(16)11-17/h3-7,12,15H,1,8-11,16H2,2H3. The van der Waals surface area contributed by atoms with Crippen LogP contribution in [0.5, 0.6) is 5.75 Å². The molecule has 0 saturated carbocycles. The predicted octanol–water partition coefficient (Wildman–Crippen LogP) is 2.03. The first-order valence-electron chi connectivity index (χ1n) is 6.49. The summed E-state index contributed by atoms with van der Waals surface area (Å²) in [6.07, 6.45) is 1.75. The minimum atomic E-state index is 0.320. The second-order valence-corrected chi connectivity index (χ2v) is 5.08. The van der Waals surface area contributed by atoms with Gasteiger partial charge in [0, 0.05) is 25.7 Å². The van der Waals surface area contributed by atoms with Crippen LogP contribution in [0.25, 0.3) is 0 Å². The number of ether oxygens (including phenoxy) is 1. The molecule has 1 heterocycles. The molecule has 1 aliphatic heterocycles. The van der Waals surface area contributed by atoms with Crippen LogP contribution in [0.4, 0.5) is 0 Å². The molecule has 1 saturated heterocycles. The molecule has 2 atom stereocenters. The molecule has 0 spiro atoms. The van der Waals surface area contributed by atoms with Crippen molar-refractivity contribution in [2.45, 2.75) is 19.5 Å². The van der Waals surface area contributed by atoms with Crippen molar-refractivity contribution in [2.24, 2.45) is 11.7 Å². The van der Waals surface area contributed by atoms with Crippen LogP contribution in [0.3, 0.4) is 0 Å². The summed E-state index contributed by atoms with van der Waals surface area (Å²) in [4.78, 5) is 2.41. The molecule has 0 bridgehead atoms. The topological polar surface area (TPSA) is 38.5 Å². The lowest BCUT2D eigenvalue weighted by Gasteiger charge is -2.15. The van der Waals surface area contributed by atoms with Gasteiger partial charge in [-0.25, -0.2) is 0 Å². The molecule has 1 aliphatic rings. The van der Waals surface area contributed by atoms with E-state index >= 15 is 0 Å². The highest BCUT2D eigenvalue weighted by Gasteiger charge is 2.26. The average Bonchev–Trinajstić information content (AvgIpc) is 2.67. The van der Waals surface area contributed by atoms with Crippen molar-refractivity contribution in [3.05, 3.63) is 42.5 Å². The molecule has 0 aliphatic carbocycles. The Morgan fingerprint density at radius 2 is 2.11 bits per heavy atom. The number of nitrogens with zero attached hydrogens (tertiary/aromatic N) is 1. The van der Waals surface area contributed by atoms with Gasteiger partial charge in [0.1, 0.15) is 12.4 Å². The fraction of sp³-hybridized carbons (Fsp3) is 0.467. The summed E-state index contributed by atoms with van der Waals surface area (Å²) in [5.41, 5.74) is 7.34. The fourth-order valence-electron chi connectivity index (χ4n) is 2.33. The Hall–Kier alpha value is -1.32. The summed E-state index contributed by atoms with van der Waals surface area (Å²) in [5.74, 6) is 1.49.